The van der Waals surface area contributed by atoms with E-state index in [0.717, 1.165) is 12.8 Å². The van der Waals surface area contributed by atoms with Gasteiger partial charge in [0.05, 0.1) is 0 Å². The van der Waals surface area contributed by atoms with Crippen LogP contribution in [0.4, 0.5) is 5.95 Å². The number of nitrogens with two attached hydrogens (primary N) is 1. The molecule has 0 unspecified atom stereocenters. The van der Waals surface area contributed by atoms with Crippen molar-refractivity contribution in [2.75, 3.05) is 5.73 Å². The van der Waals surface area contributed by atoms with Crippen LogP contribution in [0.5, 0.6) is 0 Å². The summed E-state index contributed by atoms with van der Waals surface area (Å²) in [4.78, 5) is 7.61. The molecule has 0 bridgehead atoms. The lowest BCUT2D eigenvalue weighted by Crippen LogP contribution is -1.99. The highest BCUT2D eigenvalue weighted by Crippen LogP contribution is 2.24. The molecule has 0 fully saturated rings. The Morgan fingerprint density at radius 2 is 1.79 bits per heavy atom. The molecule has 0 spiro atoms. The minimum atomic E-state index is 0.0841. The van der Waals surface area contributed by atoms with E-state index in [4.69, 9.17) is 28.9 Å². The van der Waals surface area contributed by atoms with Crippen LogP contribution in [0.3, 0.4) is 0 Å². The Kier molecular flexibility index (Phi) is 4.17. The minimum absolute atomic E-state index is 0.0841. The molecule has 14 heavy (non-hydrogen) atoms. The fraction of sp³-hybridized carbons (Fsp3) is 0.222. The maximum Gasteiger partial charge on any atom is 0.222 e. The number of nitrogens with zero attached hydrogens (tertiary/aromatic N) is 2. The molecular weight excluding hydrogens is 221 g/mol. The SMILES string of the molecule is C=CCC[CH]c1c(Cl)nc(N)nc1Cl. The van der Waals surface area contributed by atoms with Crippen molar-refractivity contribution in [2.24, 2.45) is 0 Å². The highest BCUT2D eigenvalue weighted by Gasteiger charge is 2.09. The van der Waals surface area contributed by atoms with Crippen molar-refractivity contribution in [3.63, 3.8) is 0 Å². The van der Waals surface area contributed by atoms with Crippen LogP contribution in [0, 0.1) is 6.42 Å². The molecule has 2 N–H and O–H groups in total. The van der Waals surface area contributed by atoms with E-state index in [1.165, 1.54) is 0 Å². The van der Waals surface area contributed by atoms with Gasteiger partial charge in [0.15, 0.2) is 0 Å². The molecule has 1 heterocycles. The molecule has 1 radical (unpaired) electrons. The Balaban J connectivity index is 2.80. The topological polar surface area (TPSA) is 51.8 Å². The van der Waals surface area contributed by atoms with E-state index in [9.17, 15) is 0 Å². The van der Waals surface area contributed by atoms with Crippen molar-refractivity contribution in [3.05, 3.63) is 34.9 Å². The molecule has 0 aliphatic carbocycles. The van der Waals surface area contributed by atoms with Crippen LogP contribution in [0.25, 0.3) is 0 Å². The average molecular weight is 231 g/mol. The van der Waals surface area contributed by atoms with Gasteiger partial charge in [0.25, 0.3) is 0 Å². The first-order chi connectivity index (χ1) is 6.65. The van der Waals surface area contributed by atoms with E-state index < -0.39 is 0 Å². The zero-order chi connectivity index (χ0) is 10.6. The maximum atomic E-state index is 5.84. The normalized spacial score (nSPS) is 10.1. The summed E-state index contributed by atoms with van der Waals surface area (Å²) in [5, 5.41) is 0.568. The number of unbranched alkanes of at least 4 members (excludes halogenated alkanes) is 1. The third kappa shape index (κ3) is 2.86. The molecule has 0 atom stereocenters. The molecule has 1 aromatic rings. The number of anilines is 1. The number of rotatable bonds is 4. The largest absolute Gasteiger partial charge is 0.368 e. The number of allylic oxidation sites excluding steroid dienone is 1. The monoisotopic (exact) mass is 230 g/mol. The summed E-state index contributed by atoms with van der Waals surface area (Å²) in [5.74, 6) is 0.0841. The minimum Gasteiger partial charge on any atom is -0.368 e. The van der Waals surface area contributed by atoms with Gasteiger partial charge in [-0.3, -0.25) is 0 Å². The number of hydrogen-bond donors (Lipinski definition) is 1. The smallest absolute Gasteiger partial charge is 0.222 e. The van der Waals surface area contributed by atoms with E-state index in [-0.39, 0.29) is 16.3 Å². The van der Waals surface area contributed by atoms with Crippen molar-refractivity contribution in [2.45, 2.75) is 12.8 Å². The fourth-order valence-corrected chi connectivity index (χ4v) is 1.50. The van der Waals surface area contributed by atoms with E-state index in [1.54, 1.807) is 0 Å². The molecule has 1 aromatic heterocycles. The fourth-order valence-electron chi connectivity index (χ4n) is 0.946. The highest BCUT2D eigenvalue weighted by atomic mass is 35.5. The van der Waals surface area contributed by atoms with Gasteiger partial charge in [-0.15, -0.1) is 6.58 Å². The summed E-state index contributed by atoms with van der Waals surface area (Å²) >= 11 is 11.7. The molecule has 0 saturated carbocycles. The maximum absolute atomic E-state index is 5.84. The third-order valence-electron chi connectivity index (χ3n) is 1.59. The Morgan fingerprint density at radius 3 is 2.29 bits per heavy atom. The van der Waals surface area contributed by atoms with Gasteiger partial charge >= 0.3 is 0 Å². The van der Waals surface area contributed by atoms with Crippen molar-refractivity contribution >= 4 is 29.2 Å². The van der Waals surface area contributed by atoms with Crippen molar-refractivity contribution < 1.29 is 0 Å². The Bertz CT molecular complexity index is 316. The summed E-state index contributed by atoms with van der Waals surface area (Å²) in [5.41, 5.74) is 5.99. The van der Waals surface area contributed by atoms with Gasteiger partial charge in [-0.25, -0.2) is 9.97 Å². The predicted octanol–water partition coefficient (Wildman–Crippen LogP) is 2.88. The van der Waals surface area contributed by atoms with Crippen LogP contribution in [0.1, 0.15) is 18.4 Å². The average Bonchev–Trinajstić information content (AvgIpc) is 2.09. The van der Waals surface area contributed by atoms with Gasteiger partial charge < -0.3 is 5.73 Å². The van der Waals surface area contributed by atoms with Gasteiger partial charge in [-0.2, -0.15) is 0 Å². The molecule has 0 aromatic carbocycles. The lowest BCUT2D eigenvalue weighted by Gasteiger charge is -2.04. The van der Waals surface area contributed by atoms with Crippen LogP contribution in [0.15, 0.2) is 12.7 Å². The number of nitrogen functional groups attached to an aromatic ring is 1. The summed E-state index contributed by atoms with van der Waals surface area (Å²) in [6.45, 7) is 3.61. The molecule has 1 rings (SSSR count). The lowest BCUT2D eigenvalue weighted by molar-refractivity contribution is 0.980. The van der Waals surface area contributed by atoms with E-state index in [1.807, 2.05) is 12.5 Å². The third-order valence-corrected chi connectivity index (χ3v) is 2.17. The van der Waals surface area contributed by atoms with Gasteiger partial charge in [0, 0.05) is 5.56 Å². The predicted molar refractivity (Wildman–Crippen MR) is 59.3 cm³/mol. The summed E-state index contributed by atoms with van der Waals surface area (Å²) in [7, 11) is 0. The molecule has 5 heteroatoms. The second-order valence-electron chi connectivity index (χ2n) is 2.65. The zero-order valence-corrected chi connectivity index (χ0v) is 9.02. The lowest BCUT2D eigenvalue weighted by atomic mass is 10.1. The number of hydrogen-bond acceptors (Lipinski definition) is 3. The van der Waals surface area contributed by atoms with Crippen LogP contribution in [-0.4, -0.2) is 9.97 Å². The first kappa shape index (κ1) is 11.3. The molecule has 0 aliphatic heterocycles. The molecule has 0 amide bonds. The molecular formula is C9H10Cl2N3. The number of aromatic nitrogens is 2. The Labute approximate surface area is 93.0 Å². The molecule has 0 aliphatic rings. The summed E-state index contributed by atoms with van der Waals surface area (Å²) in [6, 6.07) is 0. The molecule has 0 saturated heterocycles. The standard InChI is InChI=1S/C9H10Cl2N3/c1-2-3-4-5-6-7(10)13-9(12)14-8(6)11/h2,5H,1,3-4H2,(H2,12,13,14). The summed E-state index contributed by atoms with van der Waals surface area (Å²) < 4.78 is 0. The first-order valence-electron chi connectivity index (χ1n) is 4.07. The number of halogens is 2. The highest BCUT2D eigenvalue weighted by molar-refractivity contribution is 6.34. The van der Waals surface area contributed by atoms with Gasteiger partial charge in [0.1, 0.15) is 10.3 Å². The zero-order valence-electron chi connectivity index (χ0n) is 7.50. The second kappa shape index (κ2) is 5.17. The first-order valence-corrected chi connectivity index (χ1v) is 4.83. The van der Waals surface area contributed by atoms with Crippen molar-refractivity contribution in [1.82, 2.24) is 9.97 Å². The quantitative estimate of drug-likeness (QED) is 0.492. The second-order valence-corrected chi connectivity index (χ2v) is 3.36. The van der Waals surface area contributed by atoms with Gasteiger partial charge in [0.2, 0.25) is 5.95 Å². The Morgan fingerprint density at radius 1 is 1.21 bits per heavy atom. The van der Waals surface area contributed by atoms with E-state index >= 15 is 0 Å². The van der Waals surface area contributed by atoms with Crippen LogP contribution in [-0.2, 0) is 0 Å². The van der Waals surface area contributed by atoms with Crippen molar-refractivity contribution in [3.8, 4) is 0 Å². The summed E-state index contributed by atoms with van der Waals surface area (Å²) in [6.07, 6.45) is 5.34. The van der Waals surface area contributed by atoms with Crippen molar-refractivity contribution in [1.29, 1.82) is 0 Å². The Hall–Kier alpha value is -0.800. The van der Waals surface area contributed by atoms with Crippen LogP contribution < -0.4 is 5.73 Å². The van der Waals surface area contributed by atoms with Gasteiger partial charge in [-0.1, -0.05) is 29.3 Å². The van der Waals surface area contributed by atoms with E-state index in [2.05, 4.69) is 16.5 Å². The van der Waals surface area contributed by atoms with Crippen LogP contribution in [0.2, 0.25) is 10.3 Å². The van der Waals surface area contributed by atoms with Crippen LogP contribution >= 0.6 is 23.2 Å². The van der Waals surface area contributed by atoms with Gasteiger partial charge in [-0.05, 0) is 19.3 Å². The molecule has 75 valence electrons. The molecule has 3 nitrogen and oxygen atoms in total. The van der Waals surface area contributed by atoms with E-state index in [0.29, 0.717) is 5.56 Å².